The van der Waals surface area contributed by atoms with Crippen LogP contribution in [0.2, 0.25) is 0 Å². The topological polar surface area (TPSA) is 51.4 Å². The van der Waals surface area contributed by atoms with Crippen LogP contribution in [0.25, 0.3) is 0 Å². The van der Waals surface area contributed by atoms with Gasteiger partial charge in [-0.15, -0.1) is 0 Å². The number of hydrogen-bond acceptors (Lipinski definition) is 4. The SMILES string of the molecule is COc1cccc(N(C)Cc2cccc(C)n2)c1[C@@H](C)N. The molecule has 1 heterocycles. The van der Waals surface area contributed by atoms with E-state index in [-0.39, 0.29) is 6.04 Å². The fourth-order valence-corrected chi connectivity index (χ4v) is 2.52. The number of aromatic nitrogens is 1. The molecule has 112 valence electrons. The number of benzene rings is 1. The van der Waals surface area contributed by atoms with Gasteiger partial charge in [0.2, 0.25) is 0 Å². The molecule has 0 aliphatic rings. The van der Waals surface area contributed by atoms with E-state index in [1.807, 2.05) is 51.2 Å². The van der Waals surface area contributed by atoms with E-state index in [0.717, 1.165) is 34.9 Å². The van der Waals surface area contributed by atoms with Gasteiger partial charge in [0.15, 0.2) is 0 Å². The lowest BCUT2D eigenvalue weighted by Crippen LogP contribution is -2.21. The normalized spacial score (nSPS) is 12.0. The van der Waals surface area contributed by atoms with Gasteiger partial charge in [-0.05, 0) is 38.1 Å². The first-order valence-electron chi connectivity index (χ1n) is 7.09. The third kappa shape index (κ3) is 3.52. The summed E-state index contributed by atoms with van der Waals surface area (Å²) in [4.78, 5) is 6.71. The number of nitrogens with zero attached hydrogens (tertiary/aromatic N) is 2. The molecule has 0 radical (unpaired) electrons. The van der Waals surface area contributed by atoms with Gasteiger partial charge in [0.05, 0.1) is 19.3 Å². The van der Waals surface area contributed by atoms with Crippen molar-refractivity contribution in [2.45, 2.75) is 26.4 Å². The number of methoxy groups -OCH3 is 1. The maximum absolute atomic E-state index is 6.12. The van der Waals surface area contributed by atoms with E-state index < -0.39 is 0 Å². The molecular formula is C17H23N3O. The van der Waals surface area contributed by atoms with Crippen LogP contribution in [0.15, 0.2) is 36.4 Å². The molecule has 4 heteroatoms. The minimum Gasteiger partial charge on any atom is -0.496 e. The summed E-state index contributed by atoms with van der Waals surface area (Å²) in [5, 5.41) is 0. The smallest absolute Gasteiger partial charge is 0.125 e. The number of aryl methyl sites for hydroxylation is 1. The minimum atomic E-state index is -0.0935. The summed E-state index contributed by atoms with van der Waals surface area (Å²) >= 11 is 0. The molecule has 0 saturated heterocycles. The Hall–Kier alpha value is -2.07. The van der Waals surface area contributed by atoms with Gasteiger partial charge in [0.25, 0.3) is 0 Å². The fourth-order valence-electron chi connectivity index (χ4n) is 2.52. The van der Waals surface area contributed by atoms with Crippen molar-refractivity contribution in [3.05, 3.63) is 53.3 Å². The van der Waals surface area contributed by atoms with Gasteiger partial charge in [-0.3, -0.25) is 4.98 Å². The highest BCUT2D eigenvalue weighted by atomic mass is 16.5. The van der Waals surface area contributed by atoms with Crippen LogP contribution in [-0.4, -0.2) is 19.1 Å². The van der Waals surface area contributed by atoms with Gasteiger partial charge in [-0.1, -0.05) is 12.1 Å². The van der Waals surface area contributed by atoms with Crippen LogP contribution >= 0.6 is 0 Å². The second-order valence-corrected chi connectivity index (χ2v) is 5.31. The number of nitrogens with two attached hydrogens (primary N) is 1. The highest BCUT2D eigenvalue weighted by molar-refractivity contribution is 5.60. The molecule has 4 nitrogen and oxygen atoms in total. The number of pyridine rings is 1. The van der Waals surface area contributed by atoms with Gasteiger partial charge in [0.1, 0.15) is 5.75 Å². The lowest BCUT2D eigenvalue weighted by atomic mass is 10.0. The van der Waals surface area contributed by atoms with Crippen LogP contribution in [0.4, 0.5) is 5.69 Å². The van der Waals surface area contributed by atoms with Gasteiger partial charge in [-0.25, -0.2) is 0 Å². The van der Waals surface area contributed by atoms with Gasteiger partial charge in [-0.2, -0.15) is 0 Å². The van der Waals surface area contributed by atoms with E-state index in [1.54, 1.807) is 7.11 Å². The van der Waals surface area contributed by atoms with Crippen molar-refractivity contribution in [3.8, 4) is 5.75 Å². The van der Waals surface area contributed by atoms with Crippen LogP contribution in [-0.2, 0) is 6.54 Å². The molecule has 0 saturated carbocycles. The second kappa shape index (κ2) is 6.59. The zero-order valence-corrected chi connectivity index (χ0v) is 13.1. The van der Waals surface area contributed by atoms with Crippen molar-refractivity contribution >= 4 is 5.69 Å². The van der Waals surface area contributed by atoms with Crippen LogP contribution in [0, 0.1) is 6.92 Å². The monoisotopic (exact) mass is 285 g/mol. The highest BCUT2D eigenvalue weighted by Crippen LogP contribution is 2.33. The summed E-state index contributed by atoms with van der Waals surface area (Å²) < 4.78 is 5.44. The molecule has 0 aliphatic heterocycles. The van der Waals surface area contributed by atoms with Crippen LogP contribution in [0.3, 0.4) is 0 Å². The van der Waals surface area contributed by atoms with E-state index in [0.29, 0.717) is 0 Å². The zero-order chi connectivity index (χ0) is 15.4. The molecule has 2 aromatic rings. The van der Waals surface area contributed by atoms with E-state index in [1.165, 1.54) is 0 Å². The van der Waals surface area contributed by atoms with Gasteiger partial charge < -0.3 is 15.4 Å². The van der Waals surface area contributed by atoms with Crippen molar-refractivity contribution in [2.24, 2.45) is 5.73 Å². The van der Waals surface area contributed by atoms with Gasteiger partial charge >= 0.3 is 0 Å². The molecule has 0 spiro atoms. The summed E-state index contributed by atoms with van der Waals surface area (Å²) in [7, 11) is 3.72. The Morgan fingerprint density at radius 3 is 2.57 bits per heavy atom. The fraction of sp³-hybridized carbons (Fsp3) is 0.353. The van der Waals surface area contributed by atoms with E-state index in [2.05, 4.69) is 16.0 Å². The van der Waals surface area contributed by atoms with Crippen molar-refractivity contribution < 1.29 is 4.74 Å². The molecule has 0 amide bonds. The summed E-state index contributed by atoms with van der Waals surface area (Å²) in [6.45, 7) is 4.71. The first kappa shape index (κ1) is 15.3. The molecule has 2 N–H and O–H groups in total. The molecule has 1 atom stereocenters. The molecule has 1 aromatic heterocycles. The largest absolute Gasteiger partial charge is 0.496 e. The number of rotatable bonds is 5. The third-order valence-electron chi connectivity index (χ3n) is 3.47. The minimum absolute atomic E-state index is 0.0935. The number of anilines is 1. The summed E-state index contributed by atoms with van der Waals surface area (Å²) in [6.07, 6.45) is 0. The Kier molecular flexibility index (Phi) is 4.81. The lowest BCUT2D eigenvalue weighted by Gasteiger charge is -2.25. The number of ether oxygens (including phenoxy) is 1. The highest BCUT2D eigenvalue weighted by Gasteiger charge is 2.16. The predicted octanol–water partition coefficient (Wildman–Crippen LogP) is 3.05. The third-order valence-corrected chi connectivity index (χ3v) is 3.47. The maximum Gasteiger partial charge on any atom is 0.125 e. The Morgan fingerprint density at radius 2 is 1.95 bits per heavy atom. The number of hydrogen-bond donors (Lipinski definition) is 1. The molecule has 0 aliphatic carbocycles. The molecule has 0 fully saturated rings. The van der Waals surface area contributed by atoms with E-state index in [4.69, 9.17) is 10.5 Å². The predicted molar refractivity (Wildman–Crippen MR) is 86.7 cm³/mol. The average molecular weight is 285 g/mol. The molecule has 1 aromatic carbocycles. The molecule has 0 unspecified atom stereocenters. The zero-order valence-electron chi connectivity index (χ0n) is 13.1. The first-order chi connectivity index (χ1) is 10.0. The molecule has 21 heavy (non-hydrogen) atoms. The van der Waals surface area contributed by atoms with Crippen LogP contribution in [0.1, 0.15) is 29.9 Å². The first-order valence-corrected chi connectivity index (χ1v) is 7.09. The summed E-state index contributed by atoms with van der Waals surface area (Å²) in [5.74, 6) is 0.826. The molecular weight excluding hydrogens is 262 g/mol. The van der Waals surface area contributed by atoms with E-state index in [9.17, 15) is 0 Å². The molecule has 0 bridgehead atoms. The van der Waals surface area contributed by atoms with Crippen molar-refractivity contribution in [1.82, 2.24) is 4.98 Å². The standard InChI is InChI=1S/C17H23N3O/c1-12-7-5-8-14(19-12)11-20(3)15-9-6-10-16(21-4)17(15)13(2)18/h5-10,13H,11,18H2,1-4H3/t13-/m1/s1. The van der Waals surface area contributed by atoms with Crippen molar-refractivity contribution in [2.75, 3.05) is 19.1 Å². The van der Waals surface area contributed by atoms with Crippen molar-refractivity contribution in [1.29, 1.82) is 0 Å². The summed E-state index contributed by atoms with van der Waals surface area (Å²) in [5.41, 5.74) is 10.3. The Labute approximate surface area is 126 Å². The van der Waals surface area contributed by atoms with Crippen molar-refractivity contribution in [3.63, 3.8) is 0 Å². The van der Waals surface area contributed by atoms with Crippen LogP contribution < -0.4 is 15.4 Å². The molecule has 2 rings (SSSR count). The van der Waals surface area contributed by atoms with Gasteiger partial charge in [0, 0.05) is 30.0 Å². The Morgan fingerprint density at radius 1 is 1.24 bits per heavy atom. The summed E-state index contributed by atoms with van der Waals surface area (Å²) in [6, 6.07) is 12.0. The Bertz CT molecular complexity index is 611. The van der Waals surface area contributed by atoms with Crippen LogP contribution in [0.5, 0.6) is 5.75 Å². The van der Waals surface area contributed by atoms with E-state index >= 15 is 0 Å². The lowest BCUT2D eigenvalue weighted by molar-refractivity contribution is 0.407. The average Bonchev–Trinajstić information content (AvgIpc) is 2.46. The Balaban J connectivity index is 2.32. The maximum atomic E-state index is 6.12. The quantitative estimate of drug-likeness (QED) is 0.917. The second-order valence-electron chi connectivity index (χ2n) is 5.31.